The molecule has 1 N–H and O–H groups in total. The minimum absolute atomic E-state index is 0.0677. The summed E-state index contributed by atoms with van der Waals surface area (Å²) in [5.74, 6) is 0.0677. The van der Waals surface area contributed by atoms with Gasteiger partial charge in [-0.05, 0) is 12.0 Å². The Morgan fingerprint density at radius 3 is 2.89 bits per heavy atom. The monoisotopic (exact) mass is 248 g/mol. The number of likely N-dealkylation sites (N-methyl/N-ethyl adjacent to an activating group) is 1. The van der Waals surface area contributed by atoms with E-state index in [4.69, 9.17) is 4.74 Å². The summed E-state index contributed by atoms with van der Waals surface area (Å²) in [6.07, 6.45) is 0.558. The molecule has 1 aliphatic heterocycles. The second kappa shape index (κ2) is 6.52. The van der Waals surface area contributed by atoms with Crippen molar-refractivity contribution in [2.45, 2.75) is 12.5 Å². The average molecular weight is 248 g/mol. The second-order valence-electron chi connectivity index (χ2n) is 4.56. The molecule has 0 aliphatic carbocycles. The van der Waals surface area contributed by atoms with E-state index in [1.54, 1.807) is 4.90 Å². The summed E-state index contributed by atoms with van der Waals surface area (Å²) in [7, 11) is 1.84. The predicted molar refractivity (Wildman–Crippen MR) is 70.4 cm³/mol. The van der Waals surface area contributed by atoms with Crippen LogP contribution in [-0.4, -0.2) is 50.2 Å². The molecule has 0 bridgehead atoms. The van der Waals surface area contributed by atoms with Gasteiger partial charge in [0.1, 0.15) is 6.10 Å². The maximum absolute atomic E-state index is 12.1. The first kappa shape index (κ1) is 13.1. The maximum Gasteiger partial charge on any atom is 0.252 e. The molecular formula is C14H20N2O2. The summed E-state index contributed by atoms with van der Waals surface area (Å²) < 4.78 is 5.46. The Morgan fingerprint density at radius 2 is 2.22 bits per heavy atom. The van der Waals surface area contributed by atoms with Crippen LogP contribution in [0.3, 0.4) is 0 Å². The Labute approximate surface area is 108 Å². The summed E-state index contributed by atoms with van der Waals surface area (Å²) in [6, 6.07) is 10.2. The van der Waals surface area contributed by atoms with Crippen LogP contribution in [-0.2, 0) is 16.0 Å². The number of carbonyl (C=O) groups excluding carboxylic acids is 1. The molecule has 1 atom stereocenters. The van der Waals surface area contributed by atoms with Gasteiger partial charge in [-0.25, -0.2) is 0 Å². The molecule has 2 rings (SSSR count). The van der Waals surface area contributed by atoms with Crippen LogP contribution in [0.15, 0.2) is 30.3 Å². The number of ether oxygens (including phenoxy) is 1. The van der Waals surface area contributed by atoms with Crippen molar-refractivity contribution in [3.8, 4) is 0 Å². The van der Waals surface area contributed by atoms with E-state index in [-0.39, 0.29) is 12.0 Å². The zero-order chi connectivity index (χ0) is 12.8. The summed E-state index contributed by atoms with van der Waals surface area (Å²) in [6.45, 7) is 2.79. The van der Waals surface area contributed by atoms with Gasteiger partial charge in [-0.1, -0.05) is 30.3 Å². The first-order valence-corrected chi connectivity index (χ1v) is 6.38. The molecule has 0 radical (unpaired) electrons. The normalized spacial score (nSPS) is 19.5. The molecule has 1 aliphatic rings. The molecule has 4 nitrogen and oxygen atoms in total. The smallest absolute Gasteiger partial charge is 0.252 e. The van der Waals surface area contributed by atoms with Gasteiger partial charge in [0.25, 0.3) is 5.91 Å². The van der Waals surface area contributed by atoms with Crippen LogP contribution in [0.5, 0.6) is 0 Å². The molecule has 18 heavy (non-hydrogen) atoms. The van der Waals surface area contributed by atoms with Crippen molar-refractivity contribution in [1.29, 1.82) is 0 Å². The van der Waals surface area contributed by atoms with E-state index in [9.17, 15) is 4.79 Å². The molecular weight excluding hydrogens is 228 g/mol. The summed E-state index contributed by atoms with van der Waals surface area (Å²) in [5.41, 5.74) is 1.25. The Kier molecular flexibility index (Phi) is 4.73. The molecule has 0 spiro atoms. The van der Waals surface area contributed by atoms with Crippen molar-refractivity contribution in [2.75, 3.05) is 33.3 Å². The highest BCUT2D eigenvalue weighted by atomic mass is 16.5. The molecule has 1 heterocycles. The van der Waals surface area contributed by atoms with Crippen molar-refractivity contribution in [3.05, 3.63) is 35.9 Å². The third-order valence-electron chi connectivity index (χ3n) is 3.16. The van der Waals surface area contributed by atoms with Crippen LogP contribution in [0.2, 0.25) is 0 Å². The van der Waals surface area contributed by atoms with Crippen LogP contribution in [0, 0.1) is 0 Å². The number of carbonyl (C=O) groups is 1. The fourth-order valence-electron chi connectivity index (χ4n) is 2.02. The molecule has 0 aromatic heterocycles. The summed E-state index contributed by atoms with van der Waals surface area (Å²) in [4.78, 5) is 13.8. The lowest BCUT2D eigenvalue weighted by atomic mass is 10.1. The van der Waals surface area contributed by atoms with Gasteiger partial charge in [0.15, 0.2) is 0 Å². The SMILES string of the molecule is CN(CCc1ccccc1)C(=O)C1CNCCO1. The standard InChI is InChI=1S/C14H20N2O2/c1-16(9-7-12-5-3-2-4-6-12)14(17)13-11-15-8-10-18-13/h2-6,13,15H,7-11H2,1H3. The zero-order valence-corrected chi connectivity index (χ0v) is 10.8. The number of nitrogens with zero attached hydrogens (tertiary/aromatic N) is 1. The number of rotatable bonds is 4. The van der Waals surface area contributed by atoms with E-state index >= 15 is 0 Å². The van der Waals surface area contributed by atoms with Crippen molar-refractivity contribution in [2.24, 2.45) is 0 Å². The van der Waals surface area contributed by atoms with Crippen LogP contribution in [0.25, 0.3) is 0 Å². The molecule has 0 saturated carbocycles. The zero-order valence-electron chi connectivity index (χ0n) is 10.8. The van der Waals surface area contributed by atoms with Gasteiger partial charge < -0.3 is 15.0 Å². The first-order valence-electron chi connectivity index (χ1n) is 6.38. The lowest BCUT2D eigenvalue weighted by molar-refractivity contribution is -0.143. The molecule has 1 fully saturated rings. The van der Waals surface area contributed by atoms with E-state index in [2.05, 4.69) is 17.4 Å². The van der Waals surface area contributed by atoms with E-state index in [1.165, 1.54) is 5.56 Å². The van der Waals surface area contributed by atoms with Gasteiger partial charge in [0.05, 0.1) is 6.61 Å². The largest absolute Gasteiger partial charge is 0.366 e. The fourth-order valence-corrected chi connectivity index (χ4v) is 2.02. The van der Waals surface area contributed by atoms with Crippen LogP contribution >= 0.6 is 0 Å². The van der Waals surface area contributed by atoms with E-state index in [0.29, 0.717) is 13.2 Å². The van der Waals surface area contributed by atoms with Gasteiger partial charge in [-0.15, -0.1) is 0 Å². The number of hydrogen-bond donors (Lipinski definition) is 1. The second-order valence-corrected chi connectivity index (χ2v) is 4.56. The predicted octanol–water partition coefficient (Wildman–Crippen LogP) is 0.676. The highest BCUT2D eigenvalue weighted by Crippen LogP contribution is 2.04. The van der Waals surface area contributed by atoms with Gasteiger partial charge in [0.2, 0.25) is 0 Å². The average Bonchev–Trinajstić information content (AvgIpc) is 2.46. The minimum atomic E-state index is -0.320. The first-order chi connectivity index (χ1) is 8.77. The van der Waals surface area contributed by atoms with Gasteiger partial charge in [-0.3, -0.25) is 4.79 Å². The highest BCUT2D eigenvalue weighted by Gasteiger charge is 2.24. The molecule has 1 aromatic carbocycles. The topological polar surface area (TPSA) is 41.6 Å². The van der Waals surface area contributed by atoms with Crippen LogP contribution in [0.4, 0.5) is 0 Å². The summed E-state index contributed by atoms with van der Waals surface area (Å²) >= 11 is 0. The Balaban J connectivity index is 1.80. The molecule has 1 aromatic rings. The van der Waals surface area contributed by atoms with Gasteiger partial charge in [0, 0.05) is 26.7 Å². The minimum Gasteiger partial charge on any atom is -0.366 e. The van der Waals surface area contributed by atoms with Crippen LogP contribution < -0.4 is 5.32 Å². The van der Waals surface area contributed by atoms with Crippen molar-refractivity contribution < 1.29 is 9.53 Å². The Morgan fingerprint density at radius 1 is 1.44 bits per heavy atom. The molecule has 1 saturated heterocycles. The summed E-state index contributed by atoms with van der Waals surface area (Å²) in [5, 5.41) is 3.17. The van der Waals surface area contributed by atoms with Crippen LogP contribution in [0.1, 0.15) is 5.56 Å². The van der Waals surface area contributed by atoms with E-state index in [1.807, 2.05) is 25.2 Å². The lowest BCUT2D eigenvalue weighted by Crippen LogP contribution is -2.48. The fraction of sp³-hybridized carbons (Fsp3) is 0.500. The van der Waals surface area contributed by atoms with Crippen molar-refractivity contribution in [1.82, 2.24) is 10.2 Å². The highest BCUT2D eigenvalue weighted by molar-refractivity contribution is 5.81. The molecule has 98 valence electrons. The Bertz CT molecular complexity index is 375. The number of nitrogens with one attached hydrogen (secondary N) is 1. The molecule has 1 amide bonds. The molecule has 1 unspecified atom stereocenters. The van der Waals surface area contributed by atoms with Crippen molar-refractivity contribution in [3.63, 3.8) is 0 Å². The third-order valence-corrected chi connectivity index (χ3v) is 3.16. The third kappa shape index (κ3) is 3.55. The number of amides is 1. The quantitative estimate of drug-likeness (QED) is 0.852. The van der Waals surface area contributed by atoms with E-state index < -0.39 is 0 Å². The Hall–Kier alpha value is -1.39. The van der Waals surface area contributed by atoms with Gasteiger partial charge in [-0.2, -0.15) is 0 Å². The lowest BCUT2D eigenvalue weighted by Gasteiger charge is -2.27. The van der Waals surface area contributed by atoms with Crippen molar-refractivity contribution >= 4 is 5.91 Å². The molecule has 4 heteroatoms. The van der Waals surface area contributed by atoms with Gasteiger partial charge >= 0.3 is 0 Å². The maximum atomic E-state index is 12.1. The van der Waals surface area contributed by atoms with E-state index in [0.717, 1.165) is 19.5 Å². The number of hydrogen-bond acceptors (Lipinski definition) is 3. The number of benzene rings is 1. The number of morpholine rings is 1.